The van der Waals surface area contributed by atoms with E-state index in [9.17, 15) is 5.11 Å². The second kappa shape index (κ2) is 3.98. The van der Waals surface area contributed by atoms with E-state index in [0.717, 1.165) is 24.3 Å². The molecule has 76 valence electrons. The minimum atomic E-state index is 0.217. The van der Waals surface area contributed by atoms with E-state index in [0.29, 0.717) is 12.4 Å². The number of aromatic hydroxyl groups is 1. The zero-order valence-electron chi connectivity index (χ0n) is 8.29. The van der Waals surface area contributed by atoms with Crippen LogP contribution in [0.5, 0.6) is 5.75 Å². The van der Waals surface area contributed by atoms with Gasteiger partial charge in [-0.1, -0.05) is 6.07 Å². The van der Waals surface area contributed by atoms with Gasteiger partial charge in [-0.2, -0.15) is 0 Å². The molecule has 1 aromatic carbocycles. The number of nitrogens with one attached hydrogen (secondary N) is 1. The van der Waals surface area contributed by atoms with Crippen molar-refractivity contribution in [1.82, 2.24) is 5.32 Å². The van der Waals surface area contributed by atoms with Crippen molar-refractivity contribution in [3.8, 4) is 5.75 Å². The fraction of sp³-hybridized carbons (Fsp3) is 0.455. The molecule has 1 aliphatic rings. The molecule has 3 nitrogen and oxygen atoms in total. The number of hydrogen-bond acceptors (Lipinski definition) is 3. The first-order valence-corrected chi connectivity index (χ1v) is 4.87. The number of rotatable bonds is 1. The van der Waals surface area contributed by atoms with Gasteiger partial charge in [0, 0.05) is 6.54 Å². The number of phenolic OH excluding ortho intramolecular Hbond substituents is 1. The van der Waals surface area contributed by atoms with Crippen molar-refractivity contribution >= 4 is 0 Å². The van der Waals surface area contributed by atoms with Gasteiger partial charge in [-0.05, 0) is 30.2 Å². The first kappa shape index (κ1) is 9.49. The monoisotopic (exact) mass is 193 g/mol. The van der Waals surface area contributed by atoms with Gasteiger partial charge < -0.3 is 15.2 Å². The molecule has 1 saturated heterocycles. The van der Waals surface area contributed by atoms with Crippen LogP contribution in [0.1, 0.15) is 17.2 Å². The molecule has 14 heavy (non-hydrogen) atoms. The molecule has 0 radical (unpaired) electrons. The predicted octanol–water partition coefficient (Wildman–Crippen LogP) is 1.36. The van der Waals surface area contributed by atoms with E-state index in [-0.39, 0.29) is 6.04 Å². The quantitative estimate of drug-likeness (QED) is 0.707. The normalized spacial score (nSPS) is 22.2. The maximum Gasteiger partial charge on any atom is 0.116 e. The average molecular weight is 193 g/mol. The highest BCUT2D eigenvalue weighted by atomic mass is 16.5. The molecule has 1 atom stereocenters. The Morgan fingerprint density at radius 2 is 2.29 bits per heavy atom. The SMILES string of the molecule is Cc1cc(O)cc([C@@H]2COCCN2)c1. The van der Waals surface area contributed by atoms with Crippen molar-refractivity contribution in [2.45, 2.75) is 13.0 Å². The van der Waals surface area contributed by atoms with Crippen molar-refractivity contribution in [2.24, 2.45) is 0 Å². The molecule has 2 rings (SSSR count). The van der Waals surface area contributed by atoms with E-state index < -0.39 is 0 Å². The Morgan fingerprint density at radius 3 is 2.93 bits per heavy atom. The van der Waals surface area contributed by atoms with Crippen LogP contribution in [-0.4, -0.2) is 24.9 Å². The predicted molar refractivity (Wildman–Crippen MR) is 54.4 cm³/mol. The van der Waals surface area contributed by atoms with E-state index >= 15 is 0 Å². The zero-order chi connectivity index (χ0) is 9.97. The number of phenols is 1. The van der Waals surface area contributed by atoms with Crippen molar-refractivity contribution in [3.63, 3.8) is 0 Å². The summed E-state index contributed by atoms with van der Waals surface area (Å²) >= 11 is 0. The van der Waals surface area contributed by atoms with Crippen LogP contribution in [0.3, 0.4) is 0 Å². The van der Waals surface area contributed by atoms with Gasteiger partial charge in [0.1, 0.15) is 5.75 Å². The molecule has 0 bridgehead atoms. The molecular formula is C11H15NO2. The van der Waals surface area contributed by atoms with Crippen molar-refractivity contribution in [3.05, 3.63) is 29.3 Å². The van der Waals surface area contributed by atoms with Crippen LogP contribution in [0.15, 0.2) is 18.2 Å². The van der Waals surface area contributed by atoms with Gasteiger partial charge in [0.25, 0.3) is 0 Å². The van der Waals surface area contributed by atoms with Crippen molar-refractivity contribution in [1.29, 1.82) is 0 Å². The molecule has 1 aliphatic heterocycles. The van der Waals surface area contributed by atoms with E-state index in [4.69, 9.17) is 4.74 Å². The lowest BCUT2D eigenvalue weighted by atomic mass is 10.0. The van der Waals surface area contributed by atoms with Crippen LogP contribution in [-0.2, 0) is 4.74 Å². The summed E-state index contributed by atoms with van der Waals surface area (Å²) in [5.74, 6) is 0.326. The smallest absolute Gasteiger partial charge is 0.116 e. The summed E-state index contributed by atoms with van der Waals surface area (Å²) < 4.78 is 5.37. The molecule has 0 unspecified atom stereocenters. The minimum absolute atomic E-state index is 0.217. The molecule has 2 N–H and O–H groups in total. The number of aryl methyl sites for hydroxylation is 1. The highest BCUT2D eigenvalue weighted by molar-refractivity contribution is 5.34. The molecule has 0 spiro atoms. The van der Waals surface area contributed by atoms with Gasteiger partial charge in [0.05, 0.1) is 19.3 Å². The van der Waals surface area contributed by atoms with Gasteiger partial charge >= 0.3 is 0 Å². The molecule has 1 fully saturated rings. The average Bonchev–Trinajstić information content (AvgIpc) is 2.18. The summed E-state index contributed by atoms with van der Waals surface area (Å²) in [6, 6.07) is 5.84. The molecule has 1 aromatic rings. The second-order valence-electron chi connectivity index (χ2n) is 3.68. The van der Waals surface area contributed by atoms with Crippen molar-refractivity contribution < 1.29 is 9.84 Å². The van der Waals surface area contributed by atoms with Crippen LogP contribution in [0.4, 0.5) is 0 Å². The summed E-state index contributed by atoms with van der Waals surface area (Å²) in [6.07, 6.45) is 0. The fourth-order valence-corrected chi connectivity index (χ4v) is 1.77. The standard InChI is InChI=1S/C11H15NO2/c1-8-4-9(6-10(13)5-8)11-7-14-3-2-12-11/h4-6,11-13H,2-3,7H2,1H3/t11-/m0/s1. The fourth-order valence-electron chi connectivity index (χ4n) is 1.77. The number of hydrogen-bond donors (Lipinski definition) is 2. The minimum Gasteiger partial charge on any atom is -0.508 e. The van der Waals surface area contributed by atoms with Crippen LogP contribution in [0.2, 0.25) is 0 Å². The third-order valence-corrected chi connectivity index (χ3v) is 2.41. The summed E-state index contributed by atoms with van der Waals surface area (Å²) in [7, 11) is 0. The number of benzene rings is 1. The summed E-state index contributed by atoms with van der Waals surface area (Å²) in [5, 5.41) is 12.8. The van der Waals surface area contributed by atoms with E-state index in [2.05, 4.69) is 11.4 Å². The van der Waals surface area contributed by atoms with Gasteiger partial charge in [0.15, 0.2) is 0 Å². The Morgan fingerprint density at radius 1 is 1.43 bits per heavy atom. The summed E-state index contributed by atoms with van der Waals surface area (Å²) in [6.45, 7) is 4.31. The second-order valence-corrected chi connectivity index (χ2v) is 3.68. The van der Waals surface area contributed by atoms with Crippen LogP contribution < -0.4 is 5.32 Å². The Kier molecular flexibility index (Phi) is 2.70. The Balaban J connectivity index is 2.21. The molecule has 0 aliphatic carbocycles. The Labute approximate surface area is 83.7 Å². The topological polar surface area (TPSA) is 41.5 Å². The van der Waals surface area contributed by atoms with Crippen molar-refractivity contribution in [2.75, 3.05) is 19.8 Å². The molecule has 0 aromatic heterocycles. The maximum absolute atomic E-state index is 9.46. The highest BCUT2D eigenvalue weighted by Gasteiger charge is 2.15. The molecule has 0 saturated carbocycles. The van der Waals surface area contributed by atoms with Crippen LogP contribution >= 0.6 is 0 Å². The molecule has 1 heterocycles. The molecule has 0 amide bonds. The first-order chi connectivity index (χ1) is 6.75. The van der Waals surface area contributed by atoms with Crippen LogP contribution in [0.25, 0.3) is 0 Å². The molecular weight excluding hydrogens is 178 g/mol. The maximum atomic E-state index is 9.46. The highest BCUT2D eigenvalue weighted by Crippen LogP contribution is 2.22. The van der Waals surface area contributed by atoms with E-state index in [1.807, 2.05) is 6.92 Å². The zero-order valence-corrected chi connectivity index (χ0v) is 8.29. The lowest BCUT2D eigenvalue weighted by molar-refractivity contribution is 0.0768. The van der Waals surface area contributed by atoms with E-state index in [1.165, 1.54) is 0 Å². The first-order valence-electron chi connectivity index (χ1n) is 4.87. The largest absolute Gasteiger partial charge is 0.508 e. The lowest BCUT2D eigenvalue weighted by Crippen LogP contribution is -2.34. The van der Waals surface area contributed by atoms with Crippen LogP contribution in [0, 0.1) is 6.92 Å². The van der Waals surface area contributed by atoms with Gasteiger partial charge in [-0.3, -0.25) is 0 Å². The Hall–Kier alpha value is -1.06. The van der Waals surface area contributed by atoms with Gasteiger partial charge in [-0.25, -0.2) is 0 Å². The number of morpholine rings is 1. The third kappa shape index (κ3) is 2.05. The summed E-state index contributed by atoms with van der Waals surface area (Å²) in [4.78, 5) is 0. The number of ether oxygens (including phenoxy) is 1. The Bertz CT molecular complexity index is 299. The molecule has 3 heteroatoms. The lowest BCUT2D eigenvalue weighted by Gasteiger charge is -2.24. The van der Waals surface area contributed by atoms with Gasteiger partial charge in [0.2, 0.25) is 0 Å². The van der Waals surface area contributed by atoms with E-state index in [1.54, 1.807) is 12.1 Å². The summed E-state index contributed by atoms with van der Waals surface area (Å²) in [5.41, 5.74) is 2.18. The van der Waals surface area contributed by atoms with Gasteiger partial charge in [-0.15, -0.1) is 0 Å². The third-order valence-electron chi connectivity index (χ3n) is 2.41.